The zero-order valence-corrected chi connectivity index (χ0v) is 49.0. The molecular formula is C55H54Cl4F12O9Si. The van der Waals surface area contributed by atoms with Crippen molar-refractivity contribution in [1.29, 1.82) is 0 Å². The van der Waals surface area contributed by atoms with Crippen LogP contribution in [0, 0.1) is 27.7 Å². The maximum Gasteiger partial charge on any atom is 0.454 e. The van der Waals surface area contributed by atoms with Crippen LogP contribution in [0.2, 0.25) is 39.7 Å². The Hall–Kier alpha value is -5.68. The number of carbonyl (C=O) groups is 6. The summed E-state index contributed by atoms with van der Waals surface area (Å²) in [5.41, 5.74) is 1.03. The summed E-state index contributed by atoms with van der Waals surface area (Å²) in [6.07, 6.45) is -11.9. The maximum atomic E-state index is 13.2. The van der Waals surface area contributed by atoms with E-state index in [2.05, 4.69) is 4.74 Å². The van der Waals surface area contributed by atoms with Gasteiger partial charge in [0.25, 0.3) is 11.6 Å². The zero-order chi connectivity index (χ0) is 62.5. The van der Waals surface area contributed by atoms with Crippen molar-refractivity contribution in [3.05, 3.63) is 148 Å². The topological polar surface area (TPSA) is 130 Å². The molecule has 9 nitrogen and oxygen atoms in total. The van der Waals surface area contributed by atoms with E-state index < -0.39 is 85.7 Å². The number of rotatable bonds is 17. The van der Waals surface area contributed by atoms with Gasteiger partial charge in [0.2, 0.25) is 5.78 Å². The van der Waals surface area contributed by atoms with Crippen molar-refractivity contribution in [3.8, 4) is 0 Å². The molecule has 0 aliphatic rings. The molecule has 0 bridgehead atoms. The van der Waals surface area contributed by atoms with Crippen molar-refractivity contribution < 1.29 is 95.7 Å². The zero-order valence-electron chi connectivity index (χ0n) is 44.9. The van der Waals surface area contributed by atoms with Gasteiger partial charge >= 0.3 is 42.2 Å². The lowest BCUT2D eigenvalue weighted by molar-refractivity contribution is -0.171. The van der Waals surface area contributed by atoms with Gasteiger partial charge in [-0.1, -0.05) is 78.2 Å². The lowest BCUT2D eigenvalue weighted by Gasteiger charge is -2.19. The van der Waals surface area contributed by atoms with Gasteiger partial charge in [-0.3, -0.25) is 19.2 Å². The van der Waals surface area contributed by atoms with Crippen molar-refractivity contribution in [2.75, 3.05) is 21.3 Å². The Morgan fingerprint density at radius 1 is 0.444 bits per heavy atom. The average Bonchev–Trinajstić information content (AvgIpc) is 3.37. The number of allylic oxidation sites excluding steroid dienone is 2. The molecule has 0 aliphatic heterocycles. The van der Waals surface area contributed by atoms with Crippen molar-refractivity contribution in [2.45, 2.75) is 117 Å². The molecule has 81 heavy (non-hydrogen) atoms. The third kappa shape index (κ3) is 20.3. The molecule has 0 fully saturated rings. The van der Waals surface area contributed by atoms with Crippen LogP contribution in [0.3, 0.4) is 0 Å². The SMILES string of the molecule is COC(=O)CCCCC=C(c1cc(Cl)c(C)c(C(=O)OC)c1)c1cc(Cl)c(C)c(C(=O)OC)c1.C[Si](C)(C)C(F)(F)F.Cc1c(Cl)cc(C(=CCCCC(=O)C(F)(F)F)c2cc(Cl)c(C)c(C(=O)C(F)(F)F)c2)cc1C(=O)C(F)(F)F. The Kier molecular flexibility index (Phi) is 26.0. The molecule has 0 aliphatic carbocycles. The summed E-state index contributed by atoms with van der Waals surface area (Å²) >= 11 is 25.0. The van der Waals surface area contributed by atoms with Crippen LogP contribution in [-0.2, 0) is 23.8 Å². The Morgan fingerprint density at radius 2 is 0.741 bits per heavy atom. The molecule has 4 aromatic rings. The van der Waals surface area contributed by atoms with Crippen LogP contribution in [-0.4, -0.2) is 89.0 Å². The Balaban J connectivity index is 0.000000490. The largest absolute Gasteiger partial charge is 0.469 e. The van der Waals surface area contributed by atoms with Gasteiger partial charge in [0.15, 0.2) is 8.07 Å². The molecule has 0 saturated heterocycles. The van der Waals surface area contributed by atoms with E-state index in [0.29, 0.717) is 62.7 Å². The molecule has 0 atom stereocenters. The summed E-state index contributed by atoms with van der Waals surface area (Å²) in [7, 11) is 1.12. The summed E-state index contributed by atoms with van der Waals surface area (Å²) in [6.45, 7) is 9.59. The maximum absolute atomic E-state index is 13.2. The van der Waals surface area contributed by atoms with Gasteiger partial charge in [-0.25, -0.2) is 9.59 Å². The fraction of sp³-hybridized carbons (Fsp3) is 0.382. The van der Waals surface area contributed by atoms with Gasteiger partial charge in [0.05, 0.1) is 32.5 Å². The average molecular weight is 1260 g/mol. The second-order valence-corrected chi connectivity index (χ2v) is 25.5. The standard InChI is InChI=1S/C26H28Cl2O6.C25H17Cl2F9O3.C4H9F3Si/c1-15-20(25(30)33-4)11-17(13-22(15)27)19(9-7-6-8-10-24(29)32-3)18-12-21(26(31)34-5)16(2)23(28)14-18;1-11-16(21(38)24(31,32)33)7-13(9-18(11)26)15(5-3-4-6-20(37)23(28,29)30)14-8-17(12(2)19(27)10-14)22(39)25(34,35)36;1-8(2,3)4(5,6)7/h9,11-14H,6-8,10H2,1-5H3;5,7-10H,3-4,6H2,1-2H3;1-3H3. The molecule has 0 unspecified atom stereocenters. The fourth-order valence-corrected chi connectivity index (χ4v) is 7.85. The molecule has 4 aromatic carbocycles. The van der Waals surface area contributed by atoms with Crippen molar-refractivity contribution >= 4 is 101 Å². The highest BCUT2D eigenvalue weighted by Crippen LogP contribution is 2.38. The van der Waals surface area contributed by atoms with E-state index in [4.69, 9.17) is 55.9 Å². The quantitative estimate of drug-likeness (QED) is 0.0253. The highest BCUT2D eigenvalue weighted by atomic mass is 35.5. The minimum absolute atomic E-state index is 0.189. The molecule has 0 amide bonds. The number of ketones is 3. The van der Waals surface area contributed by atoms with E-state index in [9.17, 15) is 81.5 Å². The molecule has 0 radical (unpaired) electrons. The van der Waals surface area contributed by atoms with Crippen LogP contribution >= 0.6 is 46.4 Å². The number of hydrogen-bond acceptors (Lipinski definition) is 9. The van der Waals surface area contributed by atoms with Crippen molar-refractivity contribution in [3.63, 3.8) is 0 Å². The first-order valence-corrected chi connectivity index (χ1v) is 28.8. The number of ether oxygens (including phenoxy) is 3. The van der Waals surface area contributed by atoms with E-state index >= 15 is 0 Å². The number of carbonyl (C=O) groups excluding carboxylic acids is 6. The highest BCUT2D eigenvalue weighted by molar-refractivity contribution is 6.78. The number of Topliss-reactive ketones (excluding diaryl/α,β-unsaturated/α-hetero) is 3. The van der Waals surface area contributed by atoms with Gasteiger partial charge in [0, 0.05) is 44.1 Å². The number of esters is 3. The van der Waals surface area contributed by atoms with E-state index in [-0.39, 0.29) is 50.3 Å². The predicted octanol–water partition coefficient (Wildman–Crippen LogP) is 17.6. The first kappa shape index (κ1) is 71.4. The summed E-state index contributed by atoms with van der Waals surface area (Å²) in [6, 6.07) is 10.7. The number of alkyl halides is 12. The number of benzene rings is 4. The fourth-order valence-electron chi connectivity index (χ4n) is 6.98. The van der Waals surface area contributed by atoms with Crippen LogP contribution in [0.5, 0.6) is 0 Å². The van der Waals surface area contributed by atoms with Gasteiger partial charge in [-0.05, 0) is 164 Å². The van der Waals surface area contributed by atoms with Gasteiger partial charge < -0.3 is 14.2 Å². The molecule has 0 aromatic heterocycles. The molecule has 0 heterocycles. The van der Waals surface area contributed by atoms with Crippen molar-refractivity contribution in [2.24, 2.45) is 0 Å². The molecular weight excluding hydrogens is 1200 g/mol. The van der Waals surface area contributed by atoms with Gasteiger partial charge in [0.1, 0.15) is 0 Å². The first-order valence-electron chi connectivity index (χ1n) is 23.8. The second-order valence-electron chi connectivity index (χ2n) is 18.8. The first-order chi connectivity index (χ1) is 37.0. The predicted molar refractivity (Wildman–Crippen MR) is 287 cm³/mol. The lowest BCUT2D eigenvalue weighted by atomic mass is 9.90. The number of methoxy groups -OCH3 is 3. The van der Waals surface area contributed by atoms with Crippen LogP contribution in [0.15, 0.2) is 60.7 Å². The Morgan fingerprint density at radius 3 is 1.01 bits per heavy atom. The third-order valence-corrected chi connectivity index (χ3v) is 15.2. The number of unbranched alkanes of at least 4 members (excludes halogenated alkanes) is 3. The molecule has 0 N–H and O–H groups in total. The van der Waals surface area contributed by atoms with E-state index in [1.165, 1.54) is 41.0 Å². The minimum atomic E-state index is -5.31. The molecule has 0 saturated carbocycles. The third-order valence-electron chi connectivity index (χ3n) is 12.0. The van der Waals surface area contributed by atoms with E-state index in [1.54, 1.807) is 38.1 Å². The van der Waals surface area contributed by atoms with E-state index in [1.807, 2.05) is 6.08 Å². The monoisotopic (exact) mass is 1250 g/mol. The second kappa shape index (κ2) is 29.5. The number of halogens is 16. The minimum Gasteiger partial charge on any atom is -0.469 e. The van der Waals surface area contributed by atoms with Crippen LogP contribution in [0.4, 0.5) is 52.7 Å². The summed E-state index contributed by atoms with van der Waals surface area (Å²) in [5, 5.41) is 0.146. The number of hydrogen-bond donors (Lipinski definition) is 0. The lowest BCUT2D eigenvalue weighted by Crippen LogP contribution is -2.40. The highest BCUT2D eigenvalue weighted by Gasteiger charge is 2.45. The van der Waals surface area contributed by atoms with Crippen LogP contribution in [0.1, 0.15) is 131 Å². The Labute approximate surface area is 479 Å². The van der Waals surface area contributed by atoms with Gasteiger partial charge in [-0.2, -0.15) is 52.7 Å². The summed E-state index contributed by atoms with van der Waals surface area (Å²) < 4.78 is 166. The van der Waals surface area contributed by atoms with Crippen LogP contribution < -0.4 is 0 Å². The summed E-state index contributed by atoms with van der Waals surface area (Å²) in [5.74, 6) is -11.8. The molecule has 444 valence electrons. The Bertz CT molecular complexity index is 2900. The van der Waals surface area contributed by atoms with E-state index in [0.717, 1.165) is 56.2 Å². The molecule has 0 spiro atoms. The summed E-state index contributed by atoms with van der Waals surface area (Å²) in [4.78, 5) is 71.2. The molecule has 26 heteroatoms. The normalized spacial score (nSPS) is 11.7. The smallest absolute Gasteiger partial charge is 0.454 e. The van der Waals surface area contributed by atoms with Crippen LogP contribution in [0.25, 0.3) is 11.1 Å². The van der Waals surface area contributed by atoms with Gasteiger partial charge in [-0.15, -0.1) is 0 Å². The van der Waals surface area contributed by atoms with Crippen molar-refractivity contribution in [1.82, 2.24) is 0 Å². The molecule has 4 rings (SSSR count).